The van der Waals surface area contributed by atoms with Crippen LogP contribution in [0.15, 0.2) is 24.3 Å². The van der Waals surface area contributed by atoms with E-state index in [4.69, 9.17) is 0 Å². The van der Waals surface area contributed by atoms with Crippen molar-refractivity contribution in [2.45, 2.75) is 51.1 Å². The van der Waals surface area contributed by atoms with E-state index in [0.717, 1.165) is 12.8 Å². The second kappa shape index (κ2) is 7.68. The molecular weight excluding hydrogens is 318 g/mol. The van der Waals surface area contributed by atoms with Gasteiger partial charge in [0.25, 0.3) is 0 Å². The lowest BCUT2D eigenvalue weighted by Crippen LogP contribution is -2.41. The zero-order valence-corrected chi connectivity index (χ0v) is 14.6. The number of amides is 3. The first kappa shape index (κ1) is 17.5. The Kier molecular flexibility index (Phi) is 5.36. The Morgan fingerprint density at radius 2 is 1.84 bits per heavy atom. The zero-order chi connectivity index (χ0) is 17.8. The molecule has 1 aliphatic heterocycles. The van der Waals surface area contributed by atoms with Gasteiger partial charge >= 0.3 is 0 Å². The van der Waals surface area contributed by atoms with Crippen LogP contribution in [0.3, 0.4) is 0 Å². The van der Waals surface area contributed by atoms with Gasteiger partial charge in [0.15, 0.2) is 0 Å². The maximum absolute atomic E-state index is 12.4. The van der Waals surface area contributed by atoms with Gasteiger partial charge in [0, 0.05) is 38.9 Å². The smallest absolute Gasteiger partial charge is 0.225 e. The Labute approximate surface area is 148 Å². The lowest BCUT2D eigenvalue weighted by atomic mass is 10.1. The van der Waals surface area contributed by atoms with Crippen molar-refractivity contribution in [2.24, 2.45) is 0 Å². The van der Waals surface area contributed by atoms with E-state index in [1.165, 1.54) is 18.1 Å². The molecule has 1 atom stereocenters. The molecular formula is C19H25N3O3. The summed E-state index contributed by atoms with van der Waals surface area (Å²) >= 11 is 0. The van der Waals surface area contributed by atoms with Gasteiger partial charge in [0.2, 0.25) is 17.7 Å². The van der Waals surface area contributed by atoms with Crippen LogP contribution in [-0.4, -0.2) is 47.8 Å². The third-order valence-electron chi connectivity index (χ3n) is 4.95. The molecule has 2 N–H and O–H groups in total. The maximum Gasteiger partial charge on any atom is 0.225 e. The largest absolute Gasteiger partial charge is 0.356 e. The van der Waals surface area contributed by atoms with Gasteiger partial charge < -0.3 is 15.5 Å². The van der Waals surface area contributed by atoms with Crippen molar-refractivity contribution < 1.29 is 14.4 Å². The normalized spacial score (nSPS) is 19.8. The molecule has 1 unspecified atom stereocenters. The summed E-state index contributed by atoms with van der Waals surface area (Å²) in [5, 5.41) is 5.63. The average Bonchev–Trinajstić information content (AvgIpc) is 3.14. The number of likely N-dealkylation sites (tertiary alicyclic amines) is 1. The first-order chi connectivity index (χ1) is 12.0. The quantitative estimate of drug-likeness (QED) is 0.750. The second-order valence-corrected chi connectivity index (χ2v) is 6.93. The Balaban J connectivity index is 1.45. The van der Waals surface area contributed by atoms with Gasteiger partial charge in [-0.1, -0.05) is 24.3 Å². The predicted molar refractivity (Wildman–Crippen MR) is 93.8 cm³/mol. The molecule has 0 radical (unpaired) electrons. The monoisotopic (exact) mass is 343 g/mol. The van der Waals surface area contributed by atoms with Crippen LogP contribution in [0, 0.1) is 0 Å². The van der Waals surface area contributed by atoms with Crippen molar-refractivity contribution in [1.29, 1.82) is 0 Å². The molecule has 0 spiro atoms. The Morgan fingerprint density at radius 1 is 1.16 bits per heavy atom. The number of rotatable bonds is 6. The second-order valence-electron chi connectivity index (χ2n) is 6.93. The van der Waals surface area contributed by atoms with E-state index in [9.17, 15) is 14.4 Å². The average molecular weight is 343 g/mol. The molecule has 0 aromatic heterocycles. The zero-order valence-electron chi connectivity index (χ0n) is 14.6. The van der Waals surface area contributed by atoms with Gasteiger partial charge in [0.1, 0.15) is 0 Å². The van der Waals surface area contributed by atoms with Crippen LogP contribution in [0.2, 0.25) is 0 Å². The van der Waals surface area contributed by atoms with Crippen molar-refractivity contribution in [3.8, 4) is 0 Å². The van der Waals surface area contributed by atoms with Gasteiger partial charge in [-0.15, -0.1) is 0 Å². The third kappa shape index (κ3) is 4.38. The molecule has 3 rings (SSSR count). The molecule has 0 bridgehead atoms. The van der Waals surface area contributed by atoms with Crippen molar-refractivity contribution in [2.75, 3.05) is 13.1 Å². The van der Waals surface area contributed by atoms with Crippen molar-refractivity contribution in [3.05, 3.63) is 35.4 Å². The number of carbonyl (C=O) groups is 3. The lowest BCUT2D eigenvalue weighted by molar-refractivity contribution is -0.129. The molecule has 3 amide bonds. The molecule has 1 aromatic rings. The Hall–Kier alpha value is -2.37. The summed E-state index contributed by atoms with van der Waals surface area (Å²) in [5.74, 6) is -0.0175. The Bertz CT molecular complexity index is 649. The van der Waals surface area contributed by atoms with Crippen LogP contribution in [0.4, 0.5) is 0 Å². The highest BCUT2D eigenvalue weighted by Crippen LogP contribution is 2.28. The summed E-state index contributed by atoms with van der Waals surface area (Å²) in [6, 6.07) is 8.44. The SMILES string of the molecule is CC(=O)NCCCC(=O)NC1CC(=O)N(C2Cc3ccccc3C2)C1. The minimum atomic E-state index is -0.107. The predicted octanol–water partition coefficient (Wildman–Crippen LogP) is 0.787. The van der Waals surface area contributed by atoms with Crippen molar-refractivity contribution >= 4 is 17.7 Å². The topological polar surface area (TPSA) is 78.5 Å². The van der Waals surface area contributed by atoms with Crippen LogP contribution < -0.4 is 10.6 Å². The number of carbonyl (C=O) groups excluding carboxylic acids is 3. The Morgan fingerprint density at radius 3 is 2.48 bits per heavy atom. The first-order valence-corrected chi connectivity index (χ1v) is 8.93. The van der Waals surface area contributed by atoms with Gasteiger partial charge in [-0.2, -0.15) is 0 Å². The summed E-state index contributed by atoms with van der Waals surface area (Å²) in [6.07, 6.45) is 3.15. The minimum Gasteiger partial charge on any atom is -0.356 e. The van der Waals surface area contributed by atoms with Crippen LogP contribution >= 0.6 is 0 Å². The van der Waals surface area contributed by atoms with E-state index in [0.29, 0.717) is 32.4 Å². The standard InChI is InChI=1S/C19H25N3O3/c1-13(23)20-8-4-7-18(24)21-16-11-19(25)22(12-16)17-9-14-5-2-3-6-15(14)10-17/h2-3,5-6,16-17H,4,7-12H2,1H3,(H,20,23)(H,21,24). The highest BCUT2D eigenvalue weighted by Gasteiger charge is 2.37. The van der Waals surface area contributed by atoms with Gasteiger partial charge in [-0.05, 0) is 30.4 Å². The van der Waals surface area contributed by atoms with Gasteiger partial charge in [-0.3, -0.25) is 14.4 Å². The van der Waals surface area contributed by atoms with Crippen molar-refractivity contribution in [1.82, 2.24) is 15.5 Å². The van der Waals surface area contributed by atoms with Gasteiger partial charge in [-0.25, -0.2) is 0 Å². The summed E-state index contributed by atoms with van der Waals surface area (Å²) in [5.41, 5.74) is 2.65. The molecule has 1 fully saturated rings. The summed E-state index contributed by atoms with van der Waals surface area (Å²) in [6.45, 7) is 2.55. The van der Waals surface area contributed by atoms with E-state index >= 15 is 0 Å². The minimum absolute atomic E-state index is 0.0558. The summed E-state index contributed by atoms with van der Waals surface area (Å²) in [4.78, 5) is 37.1. The van der Waals surface area contributed by atoms with Crippen LogP contribution in [0.1, 0.15) is 37.3 Å². The lowest BCUT2D eigenvalue weighted by Gasteiger charge is -2.24. The number of benzene rings is 1. The number of fused-ring (bicyclic) bond motifs is 1. The highest BCUT2D eigenvalue weighted by atomic mass is 16.2. The summed E-state index contributed by atoms with van der Waals surface area (Å²) < 4.78 is 0. The molecule has 0 saturated carbocycles. The van der Waals surface area contributed by atoms with E-state index < -0.39 is 0 Å². The summed E-state index contributed by atoms with van der Waals surface area (Å²) in [7, 11) is 0. The maximum atomic E-state index is 12.4. The number of hydrogen-bond acceptors (Lipinski definition) is 3. The number of nitrogens with one attached hydrogen (secondary N) is 2. The van der Waals surface area contributed by atoms with E-state index in [1.807, 2.05) is 17.0 Å². The van der Waals surface area contributed by atoms with E-state index in [1.54, 1.807) is 0 Å². The third-order valence-corrected chi connectivity index (χ3v) is 4.95. The molecule has 134 valence electrons. The van der Waals surface area contributed by atoms with Crippen LogP contribution in [0.25, 0.3) is 0 Å². The molecule has 25 heavy (non-hydrogen) atoms. The molecule has 1 saturated heterocycles. The molecule has 6 nitrogen and oxygen atoms in total. The molecule has 1 aliphatic carbocycles. The molecule has 2 aliphatic rings. The fourth-order valence-electron chi connectivity index (χ4n) is 3.75. The fraction of sp³-hybridized carbons (Fsp3) is 0.526. The molecule has 1 aromatic carbocycles. The van der Waals surface area contributed by atoms with Gasteiger partial charge in [0.05, 0.1) is 6.04 Å². The number of hydrogen-bond donors (Lipinski definition) is 2. The molecule has 6 heteroatoms. The fourth-order valence-corrected chi connectivity index (χ4v) is 3.75. The van der Waals surface area contributed by atoms with Crippen molar-refractivity contribution in [3.63, 3.8) is 0 Å². The van der Waals surface area contributed by atoms with Crippen LogP contribution in [0.5, 0.6) is 0 Å². The highest BCUT2D eigenvalue weighted by molar-refractivity contribution is 5.82. The van der Waals surface area contributed by atoms with E-state index in [2.05, 4.69) is 22.8 Å². The van der Waals surface area contributed by atoms with E-state index in [-0.39, 0.29) is 29.8 Å². The van der Waals surface area contributed by atoms with Crippen LogP contribution in [-0.2, 0) is 27.2 Å². The number of nitrogens with zero attached hydrogens (tertiary/aromatic N) is 1. The first-order valence-electron chi connectivity index (χ1n) is 8.93. The molecule has 1 heterocycles.